The number of halogens is 1. The molecule has 0 aliphatic carbocycles. The number of aliphatic hydroxyl groups is 1. The van der Waals surface area contributed by atoms with Gasteiger partial charge in [0.25, 0.3) is 12.0 Å². The molecule has 166 valence electrons. The zero-order valence-electron chi connectivity index (χ0n) is 16.6. The minimum Gasteiger partial charge on any atom is -0.483 e. The fourth-order valence-corrected chi connectivity index (χ4v) is 3.56. The van der Waals surface area contributed by atoms with E-state index in [9.17, 15) is 29.0 Å². The molecule has 2 heterocycles. The van der Waals surface area contributed by atoms with Crippen LogP contribution in [0.25, 0.3) is 0 Å². The Morgan fingerprint density at radius 3 is 2.42 bits per heavy atom. The zero-order chi connectivity index (χ0) is 23.0. The summed E-state index contributed by atoms with van der Waals surface area (Å²) in [6.07, 6.45) is 0.391. The van der Waals surface area contributed by atoms with Crippen molar-refractivity contribution in [2.45, 2.75) is 25.5 Å². The molecular weight excluding hydrogens is 411 g/mol. The van der Waals surface area contributed by atoms with Crippen LogP contribution in [0.2, 0.25) is 0 Å². The zero-order valence-corrected chi connectivity index (χ0v) is 16.6. The van der Waals surface area contributed by atoms with Gasteiger partial charge in [-0.2, -0.15) is 0 Å². The first kappa shape index (κ1) is 23.7. The lowest BCUT2D eigenvalue weighted by Gasteiger charge is -2.43. The van der Waals surface area contributed by atoms with Crippen LogP contribution in [0.3, 0.4) is 0 Å². The van der Waals surface area contributed by atoms with Gasteiger partial charge < -0.3 is 24.8 Å². The van der Waals surface area contributed by atoms with E-state index in [1.807, 2.05) is 0 Å². The molecule has 1 aliphatic rings. The number of carbonyl (C=O) groups is 3. The molecule has 1 aromatic heterocycles. The van der Waals surface area contributed by atoms with Crippen LogP contribution >= 0.6 is 0 Å². The number of pyridine rings is 1. The fraction of sp³-hybridized carbons (Fsp3) is 0.333. The van der Waals surface area contributed by atoms with Crippen LogP contribution in [0.4, 0.5) is 4.39 Å². The number of aliphatic carboxylic acids is 1. The Bertz CT molecular complexity index is 976. The largest absolute Gasteiger partial charge is 0.483 e. The first-order valence-electron chi connectivity index (χ1n) is 9.40. The number of hydrogen-bond acceptors (Lipinski definition) is 5. The number of aromatic nitrogens is 1. The molecule has 1 aromatic carbocycles. The highest BCUT2D eigenvalue weighted by atomic mass is 19.1. The van der Waals surface area contributed by atoms with Gasteiger partial charge in [-0.25, -0.2) is 4.39 Å². The van der Waals surface area contributed by atoms with Crippen LogP contribution in [0, 0.1) is 11.2 Å². The second kappa shape index (κ2) is 10.5. The standard InChI is InChI=1S/C20H21FN2O5.CH2O2/c21-15-6-4-14(5-7-15)11-20(19(27)28)13-23(10-8-16(20)24)18(26)12-22-9-2-1-3-17(22)25;2-1-3/h1-7,9,16,24H,8,10-13H2,(H,27,28);1H,(H,2,3)/t16-,20-;/m1./s1. The number of carboxylic acids is 1. The summed E-state index contributed by atoms with van der Waals surface area (Å²) >= 11 is 0. The lowest BCUT2D eigenvalue weighted by molar-refractivity contribution is -0.166. The van der Waals surface area contributed by atoms with E-state index in [1.165, 1.54) is 46.0 Å². The summed E-state index contributed by atoms with van der Waals surface area (Å²) < 4.78 is 14.4. The SMILES string of the molecule is O=C(Cn1ccccc1=O)N1CC[C@@H](O)[C@](Cc2ccc(F)cc2)(C(=O)O)C1.O=CO. The highest BCUT2D eigenvalue weighted by molar-refractivity contribution is 5.80. The van der Waals surface area contributed by atoms with Crippen LogP contribution in [-0.2, 0) is 27.3 Å². The maximum absolute atomic E-state index is 13.2. The van der Waals surface area contributed by atoms with Gasteiger partial charge in [0.15, 0.2) is 0 Å². The molecule has 10 heteroatoms. The number of rotatable bonds is 5. The van der Waals surface area contributed by atoms with Gasteiger partial charge in [-0.3, -0.25) is 19.2 Å². The van der Waals surface area contributed by atoms with E-state index < -0.39 is 29.2 Å². The number of nitrogens with zero attached hydrogens (tertiary/aromatic N) is 2. The quantitative estimate of drug-likeness (QED) is 0.586. The van der Waals surface area contributed by atoms with E-state index in [2.05, 4.69) is 0 Å². The van der Waals surface area contributed by atoms with Crippen molar-refractivity contribution in [2.24, 2.45) is 5.41 Å². The Labute approximate surface area is 177 Å². The number of benzene rings is 1. The topological polar surface area (TPSA) is 137 Å². The third kappa shape index (κ3) is 5.76. The smallest absolute Gasteiger partial charge is 0.314 e. The Balaban J connectivity index is 0.00000107. The summed E-state index contributed by atoms with van der Waals surface area (Å²) in [5, 5.41) is 27.3. The molecule has 0 saturated carbocycles. The Morgan fingerprint density at radius 2 is 1.84 bits per heavy atom. The first-order chi connectivity index (χ1) is 14.7. The molecule has 0 radical (unpaired) electrons. The minimum absolute atomic E-state index is 0.0428. The van der Waals surface area contributed by atoms with Gasteiger partial charge in [0, 0.05) is 25.4 Å². The monoisotopic (exact) mass is 434 g/mol. The number of likely N-dealkylation sites (tertiary alicyclic amines) is 1. The van der Waals surface area contributed by atoms with Gasteiger partial charge in [0.05, 0.1) is 6.10 Å². The van der Waals surface area contributed by atoms with E-state index in [4.69, 9.17) is 9.90 Å². The second-order valence-electron chi connectivity index (χ2n) is 7.16. The number of aliphatic hydroxyl groups excluding tert-OH is 1. The molecular formula is C21H23FN2O7. The van der Waals surface area contributed by atoms with E-state index in [1.54, 1.807) is 12.1 Å². The average Bonchev–Trinajstić information content (AvgIpc) is 2.73. The Hall–Kier alpha value is -3.53. The third-order valence-electron chi connectivity index (χ3n) is 5.20. The van der Waals surface area contributed by atoms with Gasteiger partial charge in [-0.15, -0.1) is 0 Å². The van der Waals surface area contributed by atoms with E-state index >= 15 is 0 Å². The molecule has 0 unspecified atom stereocenters. The minimum atomic E-state index is -1.60. The molecule has 1 saturated heterocycles. The molecule has 3 N–H and O–H groups in total. The summed E-state index contributed by atoms with van der Waals surface area (Å²) in [6.45, 7) is -0.455. The molecule has 2 aromatic rings. The van der Waals surface area contributed by atoms with Crippen molar-refractivity contribution in [1.29, 1.82) is 0 Å². The van der Waals surface area contributed by atoms with Gasteiger partial charge >= 0.3 is 5.97 Å². The lowest BCUT2D eigenvalue weighted by Crippen LogP contribution is -2.58. The number of hydrogen-bond donors (Lipinski definition) is 3. The Kier molecular flexibility index (Phi) is 8.03. The average molecular weight is 434 g/mol. The van der Waals surface area contributed by atoms with Crippen molar-refractivity contribution in [3.8, 4) is 0 Å². The van der Waals surface area contributed by atoms with E-state index in [0.717, 1.165) is 0 Å². The van der Waals surface area contributed by atoms with Crippen LogP contribution in [-0.4, -0.2) is 62.3 Å². The molecule has 0 spiro atoms. The summed E-state index contributed by atoms with van der Waals surface area (Å²) in [7, 11) is 0. The third-order valence-corrected chi connectivity index (χ3v) is 5.20. The molecule has 1 amide bonds. The molecule has 3 rings (SSSR count). The number of amides is 1. The van der Waals surface area contributed by atoms with Crippen molar-refractivity contribution in [1.82, 2.24) is 9.47 Å². The van der Waals surface area contributed by atoms with E-state index in [0.29, 0.717) is 5.56 Å². The maximum Gasteiger partial charge on any atom is 0.314 e. The fourth-order valence-electron chi connectivity index (χ4n) is 3.56. The second-order valence-corrected chi connectivity index (χ2v) is 7.16. The van der Waals surface area contributed by atoms with Gasteiger partial charge in [-0.05, 0) is 36.6 Å². The lowest BCUT2D eigenvalue weighted by atomic mass is 9.73. The van der Waals surface area contributed by atoms with Crippen molar-refractivity contribution in [3.63, 3.8) is 0 Å². The number of carboxylic acid groups (broad SMARTS) is 2. The summed E-state index contributed by atoms with van der Waals surface area (Å²) in [6, 6.07) is 9.93. The summed E-state index contributed by atoms with van der Waals surface area (Å²) in [5.41, 5.74) is -1.38. The number of piperidine rings is 1. The normalized spacial score (nSPS) is 20.3. The van der Waals surface area contributed by atoms with Crippen molar-refractivity contribution < 1.29 is 34.1 Å². The van der Waals surface area contributed by atoms with Crippen LogP contribution in [0.5, 0.6) is 0 Å². The van der Waals surface area contributed by atoms with Crippen molar-refractivity contribution >= 4 is 18.3 Å². The summed E-state index contributed by atoms with van der Waals surface area (Å²) in [5.74, 6) is -2.06. The van der Waals surface area contributed by atoms with Crippen LogP contribution < -0.4 is 5.56 Å². The van der Waals surface area contributed by atoms with Crippen LogP contribution in [0.1, 0.15) is 12.0 Å². The predicted octanol–water partition coefficient (Wildman–Crippen LogP) is 0.595. The van der Waals surface area contributed by atoms with Crippen molar-refractivity contribution in [3.05, 3.63) is 70.4 Å². The molecule has 0 bridgehead atoms. The molecule has 9 nitrogen and oxygen atoms in total. The van der Waals surface area contributed by atoms with Crippen molar-refractivity contribution in [2.75, 3.05) is 13.1 Å². The van der Waals surface area contributed by atoms with Gasteiger partial charge in [-0.1, -0.05) is 18.2 Å². The highest BCUT2D eigenvalue weighted by Crippen LogP contribution is 2.35. The maximum atomic E-state index is 13.2. The molecule has 31 heavy (non-hydrogen) atoms. The van der Waals surface area contributed by atoms with Gasteiger partial charge in [0.1, 0.15) is 17.8 Å². The molecule has 1 aliphatic heterocycles. The van der Waals surface area contributed by atoms with E-state index in [-0.39, 0.29) is 44.5 Å². The highest BCUT2D eigenvalue weighted by Gasteiger charge is 2.50. The van der Waals surface area contributed by atoms with Crippen LogP contribution in [0.15, 0.2) is 53.5 Å². The van der Waals surface area contributed by atoms with Gasteiger partial charge in [0.2, 0.25) is 5.91 Å². The molecule has 2 atom stereocenters. The first-order valence-corrected chi connectivity index (χ1v) is 9.40. The predicted molar refractivity (Wildman–Crippen MR) is 107 cm³/mol. The number of carbonyl (C=O) groups excluding carboxylic acids is 1. The molecule has 1 fully saturated rings. The Morgan fingerprint density at radius 1 is 1.19 bits per heavy atom. The summed E-state index contributed by atoms with van der Waals surface area (Å²) in [4.78, 5) is 46.3.